The van der Waals surface area contributed by atoms with Crippen LogP contribution in [-0.4, -0.2) is 35.9 Å². The molecule has 0 aliphatic rings. The molecule has 2 aromatic heterocycles. The summed E-state index contributed by atoms with van der Waals surface area (Å²) < 4.78 is 2.59. The zero-order valence-electron chi connectivity index (χ0n) is 6.02. The monoisotopic (exact) mass is 163 g/mol. The Morgan fingerprint density at radius 1 is 1.55 bits per heavy atom. The van der Waals surface area contributed by atoms with Crippen molar-refractivity contribution in [3.05, 3.63) is 12.3 Å². The largest absolute Gasteiger partial charge is 0.366 e. The van der Waals surface area contributed by atoms with Gasteiger partial charge in [-0.15, -0.1) is 5.10 Å². The minimum absolute atomic E-state index is 0.301. The van der Waals surface area contributed by atoms with E-state index in [4.69, 9.17) is 5.73 Å². The summed E-state index contributed by atoms with van der Waals surface area (Å²) in [6, 6.07) is 1.78. The molecule has 2 heterocycles. The van der Waals surface area contributed by atoms with Crippen LogP contribution in [0, 0.1) is 0 Å². The van der Waals surface area contributed by atoms with E-state index < -0.39 is 0 Å². The summed E-state index contributed by atoms with van der Waals surface area (Å²) in [4.78, 5) is 8.07. The summed E-state index contributed by atoms with van der Waals surface area (Å²) in [5.74, 6) is 0.301. The number of fused-ring (bicyclic) bond motifs is 1. The van der Waals surface area contributed by atoms with Crippen molar-refractivity contribution in [3.8, 4) is 0 Å². The van der Waals surface area contributed by atoms with E-state index in [2.05, 4.69) is 15.1 Å². The first-order chi connectivity index (χ1) is 5.27. The van der Waals surface area contributed by atoms with Crippen molar-refractivity contribution in [1.29, 1.82) is 0 Å². The van der Waals surface area contributed by atoms with Crippen LogP contribution in [0.5, 0.6) is 0 Å². The number of rotatable bonds is 0. The van der Waals surface area contributed by atoms with Crippen LogP contribution in [0.15, 0.2) is 12.3 Å². The minimum Gasteiger partial charge on any atom is -0.366 e. The average Bonchev–Trinajstić information content (AvgIpc) is 2.31. The second-order valence-electron chi connectivity index (χ2n) is 2.23. The molecule has 0 bridgehead atoms. The lowest BCUT2D eigenvalue weighted by atomic mass is 10.6. The third-order valence-electron chi connectivity index (χ3n) is 1.44. The summed E-state index contributed by atoms with van der Waals surface area (Å²) in [6.07, 6.45) is 1.71. The number of aromatic nitrogens is 4. The number of anilines is 1. The number of nitrogens with zero attached hydrogens (tertiary/aromatic N) is 4. The van der Waals surface area contributed by atoms with Gasteiger partial charge in [0.1, 0.15) is 0 Å². The Hall–Kier alpha value is -1.12. The third-order valence-corrected chi connectivity index (χ3v) is 2.12. The van der Waals surface area contributed by atoms with Gasteiger partial charge in [0.05, 0.1) is 0 Å². The molecule has 0 fully saturated rings. The highest BCUT2D eigenvalue weighted by Crippen LogP contribution is 1.96. The highest BCUT2D eigenvalue weighted by molar-refractivity contribution is 6.29. The van der Waals surface area contributed by atoms with Gasteiger partial charge in [-0.2, -0.15) is 4.98 Å². The van der Waals surface area contributed by atoms with E-state index in [-0.39, 0.29) is 0 Å². The first-order valence-electron chi connectivity index (χ1n) is 3.21. The third kappa shape index (κ3) is 0.965. The average molecular weight is 163 g/mol. The van der Waals surface area contributed by atoms with Gasteiger partial charge in [-0.1, -0.05) is 0 Å². The molecule has 0 atom stereocenters. The summed E-state index contributed by atoms with van der Waals surface area (Å²) in [6.45, 7) is 0. The van der Waals surface area contributed by atoms with E-state index in [0.29, 0.717) is 5.95 Å². The van der Waals surface area contributed by atoms with Crippen molar-refractivity contribution >= 4 is 32.6 Å². The fraction of sp³-hybridized carbons (Fsp3) is 0. The smallest absolute Gasteiger partial charge is 0.321 e. The first-order valence-corrected chi connectivity index (χ1v) is 4.21. The fourth-order valence-electron chi connectivity index (χ4n) is 0.953. The zero-order chi connectivity index (χ0) is 7.84. The lowest BCUT2D eigenvalue weighted by molar-refractivity contribution is 0.968. The van der Waals surface area contributed by atoms with Gasteiger partial charge in [0.2, 0.25) is 5.95 Å². The molecule has 11 heavy (non-hydrogen) atoms. The van der Waals surface area contributed by atoms with E-state index in [1.807, 2.05) is 0 Å². The molecule has 54 valence electrons. The van der Waals surface area contributed by atoms with Gasteiger partial charge in [0.15, 0.2) is 5.65 Å². The highest BCUT2D eigenvalue weighted by atomic mass is 27.0. The molecule has 0 aliphatic carbocycles. The van der Waals surface area contributed by atoms with Crippen molar-refractivity contribution in [3.63, 3.8) is 0 Å². The van der Waals surface area contributed by atoms with Crippen LogP contribution in [0.25, 0.3) is 5.65 Å². The fourth-order valence-corrected chi connectivity index (χ4v) is 1.43. The zero-order valence-corrected chi connectivity index (χ0v) is 8.02. The van der Waals surface area contributed by atoms with Crippen molar-refractivity contribution in [2.75, 3.05) is 5.73 Å². The molecule has 0 aromatic carbocycles. The molecule has 0 saturated heterocycles. The van der Waals surface area contributed by atoms with Gasteiger partial charge < -0.3 is 5.73 Å². The Bertz CT molecular complexity index is 395. The Morgan fingerprint density at radius 2 is 2.36 bits per heavy atom. The maximum atomic E-state index is 5.40. The SMILES string of the molecule is Nc1nc2ccn[c]([AlH2])n2n1. The standard InChI is InChI=1S/C5H4N5.Al.2H/c6-5-8-4-1-2-7-3-10(4)9-5;;;/h1-2H,(H2,6,9);;;. The van der Waals surface area contributed by atoms with Crippen LogP contribution in [0.2, 0.25) is 0 Å². The number of nitrogen functional groups attached to an aromatic ring is 1. The normalized spacial score (nSPS) is 10.5. The molecule has 0 aliphatic heterocycles. The number of nitrogens with two attached hydrogens (primary N) is 1. The topological polar surface area (TPSA) is 69.1 Å². The minimum atomic E-state index is 0.301. The van der Waals surface area contributed by atoms with Crippen LogP contribution < -0.4 is 10.4 Å². The molecule has 0 amide bonds. The lowest BCUT2D eigenvalue weighted by Crippen LogP contribution is -2.18. The van der Waals surface area contributed by atoms with E-state index in [1.54, 1.807) is 16.8 Å². The number of hydrogen-bond donors (Lipinski definition) is 1. The molecule has 2 rings (SSSR count). The molecule has 0 unspecified atom stereocenters. The van der Waals surface area contributed by atoms with Crippen LogP contribution >= 0.6 is 0 Å². The summed E-state index contributed by atoms with van der Waals surface area (Å²) in [5, 5.41) is 3.97. The van der Waals surface area contributed by atoms with E-state index in [9.17, 15) is 0 Å². The Labute approximate surface area is 70.7 Å². The quantitative estimate of drug-likeness (QED) is 0.454. The molecule has 2 N–H and O–H groups in total. The number of hydrogen-bond acceptors (Lipinski definition) is 4. The van der Waals surface area contributed by atoms with Gasteiger partial charge in [-0.3, -0.25) is 4.98 Å². The summed E-state index contributed by atoms with van der Waals surface area (Å²) >= 11 is 0.844. The Morgan fingerprint density at radius 3 is 3.09 bits per heavy atom. The second kappa shape index (κ2) is 2.19. The van der Waals surface area contributed by atoms with Crippen LogP contribution in [0.3, 0.4) is 0 Å². The lowest BCUT2D eigenvalue weighted by Gasteiger charge is -1.93. The molecule has 0 spiro atoms. The predicted octanol–water partition coefficient (Wildman–Crippen LogP) is -2.04. The maximum absolute atomic E-state index is 5.40. The Balaban J connectivity index is 2.90. The van der Waals surface area contributed by atoms with E-state index in [1.165, 1.54) is 0 Å². The molecular weight excluding hydrogens is 157 g/mol. The van der Waals surface area contributed by atoms with Gasteiger partial charge in [0, 0.05) is 16.9 Å². The van der Waals surface area contributed by atoms with Crippen molar-refractivity contribution in [2.24, 2.45) is 0 Å². The Kier molecular flexibility index (Phi) is 1.31. The molecule has 6 heteroatoms. The van der Waals surface area contributed by atoms with Crippen molar-refractivity contribution < 1.29 is 0 Å². The maximum Gasteiger partial charge on any atom is 0.321 e. The summed E-state index contributed by atoms with van der Waals surface area (Å²) in [5.41, 5.74) is 6.17. The van der Waals surface area contributed by atoms with Gasteiger partial charge >= 0.3 is 16.3 Å². The molecule has 0 saturated carbocycles. The predicted molar refractivity (Wildman–Crippen MR) is 43.4 cm³/mol. The van der Waals surface area contributed by atoms with Crippen LogP contribution in [0.4, 0.5) is 5.95 Å². The van der Waals surface area contributed by atoms with Crippen molar-refractivity contribution in [2.45, 2.75) is 0 Å². The van der Waals surface area contributed by atoms with E-state index >= 15 is 0 Å². The van der Waals surface area contributed by atoms with Gasteiger partial charge in [-0.05, 0) is 0 Å². The molecule has 0 radical (unpaired) electrons. The molecular formula is C5H6AlN5. The van der Waals surface area contributed by atoms with Crippen LogP contribution in [-0.2, 0) is 0 Å². The first kappa shape index (κ1) is 6.58. The second-order valence-corrected chi connectivity index (χ2v) is 3.13. The summed E-state index contributed by atoms with van der Waals surface area (Å²) in [7, 11) is 0. The molecule has 5 nitrogen and oxygen atoms in total. The van der Waals surface area contributed by atoms with Crippen LogP contribution in [0.1, 0.15) is 0 Å². The van der Waals surface area contributed by atoms with E-state index in [0.717, 1.165) is 26.6 Å². The molecule has 2 aromatic rings. The highest BCUT2D eigenvalue weighted by Gasteiger charge is 1.99. The van der Waals surface area contributed by atoms with Crippen molar-refractivity contribution in [1.82, 2.24) is 19.6 Å². The van der Waals surface area contributed by atoms with Gasteiger partial charge in [0.25, 0.3) is 0 Å². The van der Waals surface area contributed by atoms with Gasteiger partial charge in [-0.25, -0.2) is 4.52 Å².